The molecule has 0 bridgehead atoms. The van der Waals surface area contributed by atoms with Crippen molar-refractivity contribution in [2.24, 2.45) is 5.92 Å². The number of thiocarbonyl (C=S) groups is 1. The molecule has 1 rings (SSSR count). The lowest BCUT2D eigenvalue weighted by molar-refractivity contribution is -0.151. The van der Waals surface area contributed by atoms with Crippen molar-refractivity contribution >= 4 is 29.3 Å². The molecule has 2 unspecified atom stereocenters. The van der Waals surface area contributed by atoms with Gasteiger partial charge in [0.1, 0.15) is 11.8 Å². The summed E-state index contributed by atoms with van der Waals surface area (Å²) in [5.74, 6) is 0.0658. The molecule has 1 heterocycles. The number of nitrogens with zero attached hydrogens (tertiary/aromatic N) is 1. The third-order valence-electron chi connectivity index (χ3n) is 3.33. The maximum atomic E-state index is 11.9. The summed E-state index contributed by atoms with van der Waals surface area (Å²) in [6.45, 7) is 5.25. The molecule has 1 aliphatic heterocycles. The van der Waals surface area contributed by atoms with Gasteiger partial charge < -0.3 is 4.74 Å². The highest BCUT2D eigenvalue weighted by Crippen LogP contribution is 2.18. The summed E-state index contributed by atoms with van der Waals surface area (Å²) in [7, 11) is 0. The number of carbonyl (C=O) groups is 2. The van der Waals surface area contributed by atoms with Gasteiger partial charge in [-0.25, -0.2) is 0 Å². The molecule has 0 aromatic heterocycles. The summed E-state index contributed by atoms with van der Waals surface area (Å²) in [5, 5.41) is 1.62. The number of Topliss-reactive ketones (excluding diaryl/α,β-unsaturated/α-hetero) is 1. The molecule has 1 aliphatic rings. The molecule has 1 saturated heterocycles. The Labute approximate surface area is 120 Å². The quantitative estimate of drug-likeness (QED) is 0.529. The molecule has 108 valence electrons. The summed E-state index contributed by atoms with van der Waals surface area (Å²) >= 11 is 4.83. The number of ketones is 1. The molecule has 19 heavy (non-hydrogen) atoms. The Bertz CT molecular complexity index is 333. The Kier molecular flexibility index (Phi) is 7.16. The van der Waals surface area contributed by atoms with Gasteiger partial charge in [-0.3, -0.25) is 14.5 Å². The first kappa shape index (κ1) is 16.2. The van der Waals surface area contributed by atoms with E-state index in [1.165, 1.54) is 0 Å². The lowest BCUT2D eigenvalue weighted by atomic mass is 10.0. The third-order valence-corrected chi connectivity index (χ3v) is 3.80. The molecule has 2 atom stereocenters. The van der Waals surface area contributed by atoms with E-state index < -0.39 is 0 Å². The molecule has 0 aromatic carbocycles. The van der Waals surface area contributed by atoms with Crippen molar-refractivity contribution in [3.05, 3.63) is 0 Å². The van der Waals surface area contributed by atoms with E-state index in [0.717, 1.165) is 25.8 Å². The van der Waals surface area contributed by atoms with Crippen LogP contribution in [0.3, 0.4) is 0 Å². The minimum absolute atomic E-state index is 0.119. The monoisotopic (exact) mass is 285 g/mol. The van der Waals surface area contributed by atoms with E-state index in [4.69, 9.17) is 17.0 Å². The minimum atomic E-state index is -0.250. The average Bonchev–Trinajstić information content (AvgIpc) is 2.39. The molecule has 1 fully saturated rings. The van der Waals surface area contributed by atoms with Crippen LogP contribution < -0.4 is 0 Å². The van der Waals surface area contributed by atoms with Gasteiger partial charge in [-0.05, 0) is 37.6 Å². The Morgan fingerprint density at radius 1 is 1.47 bits per heavy atom. The van der Waals surface area contributed by atoms with Crippen LogP contribution in [0.5, 0.6) is 0 Å². The van der Waals surface area contributed by atoms with E-state index in [1.54, 1.807) is 12.3 Å². The molecule has 0 aromatic rings. The van der Waals surface area contributed by atoms with Gasteiger partial charge in [0, 0.05) is 6.42 Å². The number of rotatable bonds is 7. The Morgan fingerprint density at radius 2 is 2.21 bits per heavy atom. The molecule has 0 saturated carbocycles. The number of ether oxygens (including phenoxy) is 1. The van der Waals surface area contributed by atoms with E-state index in [2.05, 4.69) is 0 Å². The van der Waals surface area contributed by atoms with Crippen LogP contribution in [0.25, 0.3) is 0 Å². The van der Waals surface area contributed by atoms with Crippen molar-refractivity contribution in [1.29, 1.82) is 0 Å². The van der Waals surface area contributed by atoms with E-state index in [9.17, 15) is 9.59 Å². The normalized spacial score (nSPS) is 21.7. The number of piperidine rings is 1. The zero-order valence-electron chi connectivity index (χ0n) is 11.8. The fourth-order valence-corrected chi connectivity index (χ4v) is 2.48. The predicted octanol–water partition coefficient (Wildman–Crippen LogP) is 2.00. The summed E-state index contributed by atoms with van der Waals surface area (Å²) < 4.78 is 5.08. The van der Waals surface area contributed by atoms with Crippen LogP contribution >= 0.6 is 12.2 Å². The summed E-state index contributed by atoms with van der Waals surface area (Å²) in [6.07, 6.45) is 3.29. The van der Waals surface area contributed by atoms with Crippen molar-refractivity contribution in [3.63, 3.8) is 0 Å². The number of carbonyl (C=O) groups excluding carboxylic acids is 2. The molecular weight excluding hydrogens is 262 g/mol. The van der Waals surface area contributed by atoms with Gasteiger partial charge in [0.15, 0.2) is 0 Å². The summed E-state index contributed by atoms with van der Waals surface area (Å²) in [5.41, 5.74) is 0. The highest BCUT2D eigenvalue weighted by Gasteiger charge is 2.30. The second kappa shape index (κ2) is 8.38. The smallest absolute Gasteiger partial charge is 0.323 e. The molecular formula is C14H23NO3S. The SMILES string of the molecule is CCOC(=O)C1CCCCN1CC(=O)CC(C)C=S. The van der Waals surface area contributed by atoms with Crippen LogP contribution in [0.15, 0.2) is 0 Å². The zero-order chi connectivity index (χ0) is 14.3. The van der Waals surface area contributed by atoms with Crippen molar-refractivity contribution in [2.75, 3.05) is 19.7 Å². The van der Waals surface area contributed by atoms with Gasteiger partial charge in [0.25, 0.3) is 0 Å². The topological polar surface area (TPSA) is 46.6 Å². The second-order valence-electron chi connectivity index (χ2n) is 5.09. The lowest BCUT2D eigenvalue weighted by Gasteiger charge is -2.33. The van der Waals surface area contributed by atoms with Crippen LogP contribution in [-0.4, -0.2) is 47.8 Å². The fourth-order valence-electron chi connectivity index (χ4n) is 2.38. The largest absolute Gasteiger partial charge is 0.465 e. The maximum absolute atomic E-state index is 11.9. The first-order valence-corrected chi connectivity index (χ1v) is 7.43. The predicted molar refractivity (Wildman–Crippen MR) is 78.3 cm³/mol. The highest BCUT2D eigenvalue weighted by molar-refractivity contribution is 7.79. The van der Waals surface area contributed by atoms with Crippen molar-refractivity contribution in [1.82, 2.24) is 4.90 Å². The van der Waals surface area contributed by atoms with Crippen molar-refractivity contribution in [3.8, 4) is 0 Å². The number of likely N-dealkylation sites (tertiary alicyclic amines) is 1. The van der Waals surface area contributed by atoms with Gasteiger partial charge in [0.2, 0.25) is 0 Å². The molecule has 0 spiro atoms. The second-order valence-corrected chi connectivity index (χ2v) is 5.36. The third kappa shape index (κ3) is 5.37. The van der Waals surface area contributed by atoms with Crippen molar-refractivity contribution < 1.29 is 14.3 Å². The van der Waals surface area contributed by atoms with Crippen LogP contribution in [0.1, 0.15) is 39.5 Å². The Hall–Kier alpha value is -0.810. The van der Waals surface area contributed by atoms with Gasteiger partial charge in [0.05, 0.1) is 13.2 Å². The van der Waals surface area contributed by atoms with Crippen LogP contribution in [0.4, 0.5) is 0 Å². The van der Waals surface area contributed by atoms with Crippen LogP contribution in [0, 0.1) is 5.92 Å². The molecule has 0 N–H and O–H groups in total. The molecule has 4 nitrogen and oxygen atoms in total. The van der Waals surface area contributed by atoms with E-state index in [-0.39, 0.29) is 23.7 Å². The van der Waals surface area contributed by atoms with Crippen molar-refractivity contribution in [2.45, 2.75) is 45.6 Å². The maximum Gasteiger partial charge on any atom is 0.323 e. The van der Waals surface area contributed by atoms with Crippen LogP contribution in [0.2, 0.25) is 0 Å². The first-order valence-electron chi connectivity index (χ1n) is 6.96. The molecule has 5 heteroatoms. The summed E-state index contributed by atoms with van der Waals surface area (Å²) in [6, 6.07) is -0.250. The lowest BCUT2D eigenvalue weighted by Crippen LogP contribution is -2.47. The number of esters is 1. The average molecular weight is 285 g/mol. The van der Waals surface area contributed by atoms with E-state index >= 15 is 0 Å². The van der Waals surface area contributed by atoms with E-state index in [1.807, 2.05) is 11.8 Å². The number of hydrogen-bond donors (Lipinski definition) is 0. The van der Waals surface area contributed by atoms with Crippen LogP contribution in [-0.2, 0) is 14.3 Å². The Morgan fingerprint density at radius 3 is 2.84 bits per heavy atom. The first-order chi connectivity index (χ1) is 9.08. The van der Waals surface area contributed by atoms with Gasteiger partial charge in [-0.1, -0.05) is 25.6 Å². The van der Waals surface area contributed by atoms with Gasteiger partial charge in [-0.2, -0.15) is 0 Å². The zero-order valence-corrected chi connectivity index (χ0v) is 12.6. The van der Waals surface area contributed by atoms with E-state index in [0.29, 0.717) is 19.6 Å². The highest BCUT2D eigenvalue weighted by atomic mass is 32.1. The molecule has 0 amide bonds. The Balaban J connectivity index is 2.54. The minimum Gasteiger partial charge on any atom is -0.465 e. The fraction of sp³-hybridized carbons (Fsp3) is 0.786. The molecule has 0 radical (unpaired) electrons. The number of hydrogen-bond acceptors (Lipinski definition) is 5. The standard InChI is InChI=1S/C14H23NO3S/c1-3-18-14(17)13-6-4-5-7-15(13)9-12(16)8-11(2)10-19/h10-11,13H,3-9H2,1-2H3. The van der Waals surface area contributed by atoms with Gasteiger partial charge in [-0.15, -0.1) is 0 Å². The molecule has 0 aliphatic carbocycles. The summed E-state index contributed by atoms with van der Waals surface area (Å²) in [4.78, 5) is 25.8. The van der Waals surface area contributed by atoms with Gasteiger partial charge >= 0.3 is 5.97 Å².